The van der Waals surface area contributed by atoms with Crippen LogP contribution in [0.4, 0.5) is 0 Å². The Morgan fingerprint density at radius 1 is 1.32 bits per heavy atom. The molecule has 0 saturated carbocycles. The molecule has 0 aliphatic carbocycles. The zero-order chi connectivity index (χ0) is 14.3. The second-order valence-corrected chi connectivity index (χ2v) is 5.81. The van der Waals surface area contributed by atoms with Crippen molar-refractivity contribution in [3.8, 4) is 0 Å². The first-order chi connectivity index (χ1) is 8.71. The van der Waals surface area contributed by atoms with Crippen LogP contribution in [0.5, 0.6) is 0 Å². The molecule has 2 rings (SSSR count). The lowest BCUT2D eigenvalue weighted by atomic mass is 9.79. The van der Waals surface area contributed by atoms with Gasteiger partial charge in [-0.25, -0.2) is 0 Å². The Labute approximate surface area is 113 Å². The van der Waals surface area contributed by atoms with Gasteiger partial charge in [0.2, 0.25) is 5.91 Å². The quantitative estimate of drug-likeness (QED) is 0.800. The van der Waals surface area contributed by atoms with Gasteiger partial charge in [0.1, 0.15) is 0 Å². The van der Waals surface area contributed by atoms with Gasteiger partial charge in [0.05, 0.1) is 17.6 Å². The monoisotopic (exact) mass is 262 g/mol. The van der Waals surface area contributed by atoms with Crippen LogP contribution in [-0.2, 0) is 20.5 Å². The van der Waals surface area contributed by atoms with Crippen molar-refractivity contribution in [1.29, 1.82) is 0 Å². The first-order valence-electron chi connectivity index (χ1n) is 6.30. The molecule has 0 unspecified atom stereocenters. The van der Waals surface area contributed by atoms with E-state index in [1.165, 1.54) is 0 Å². The van der Waals surface area contributed by atoms with E-state index >= 15 is 0 Å². The van der Waals surface area contributed by atoms with Crippen LogP contribution in [0, 0.1) is 0 Å². The molecular formula is C13H19BN2O3. The minimum absolute atomic E-state index is 0.118. The lowest BCUT2D eigenvalue weighted by Crippen LogP contribution is -2.41. The van der Waals surface area contributed by atoms with E-state index in [4.69, 9.17) is 15.0 Å². The molecule has 0 spiro atoms. The van der Waals surface area contributed by atoms with Crippen LogP contribution in [0.3, 0.4) is 0 Å². The van der Waals surface area contributed by atoms with Crippen molar-refractivity contribution >= 4 is 18.5 Å². The van der Waals surface area contributed by atoms with Gasteiger partial charge in [0.25, 0.3) is 0 Å². The molecule has 0 bridgehead atoms. The van der Waals surface area contributed by atoms with Gasteiger partial charge in [-0.2, -0.15) is 0 Å². The number of primary amides is 1. The average Bonchev–Trinajstić information content (AvgIpc) is 2.47. The number of carbonyl (C=O) groups is 1. The van der Waals surface area contributed by atoms with E-state index in [9.17, 15) is 4.79 Å². The number of aromatic nitrogens is 1. The molecule has 0 aromatic carbocycles. The number of nitrogens with zero attached hydrogens (tertiary/aromatic N) is 1. The number of rotatable bonds is 3. The normalized spacial score (nSPS) is 20.5. The summed E-state index contributed by atoms with van der Waals surface area (Å²) in [4.78, 5) is 15.0. The number of amides is 1. The predicted molar refractivity (Wildman–Crippen MR) is 72.9 cm³/mol. The van der Waals surface area contributed by atoms with Gasteiger partial charge in [0, 0.05) is 11.9 Å². The van der Waals surface area contributed by atoms with Gasteiger partial charge in [-0.15, -0.1) is 0 Å². The van der Waals surface area contributed by atoms with Gasteiger partial charge < -0.3 is 15.0 Å². The molecule has 1 aliphatic heterocycles. The second kappa shape index (κ2) is 4.61. The van der Waals surface area contributed by atoms with Crippen LogP contribution in [-0.4, -0.2) is 29.2 Å². The lowest BCUT2D eigenvalue weighted by Gasteiger charge is -2.32. The first kappa shape index (κ1) is 14.0. The third-order valence-electron chi connectivity index (χ3n) is 3.72. The van der Waals surface area contributed by atoms with Crippen molar-refractivity contribution in [1.82, 2.24) is 4.98 Å². The zero-order valence-corrected chi connectivity index (χ0v) is 11.8. The molecule has 19 heavy (non-hydrogen) atoms. The van der Waals surface area contributed by atoms with Crippen molar-refractivity contribution in [3.63, 3.8) is 0 Å². The Hall–Kier alpha value is -1.40. The average molecular weight is 262 g/mol. The number of hydrogen-bond donors (Lipinski definition) is 1. The van der Waals surface area contributed by atoms with Crippen LogP contribution in [0.2, 0.25) is 0 Å². The summed E-state index contributed by atoms with van der Waals surface area (Å²) in [5.74, 6) is -0.404. The molecule has 1 aromatic heterocycles. The van der Waals surface area contributed by atoms with E-state index in [-0.39, 0.29) is 17.6 Å². The highest BCUT2D eigenvalue weighted by atomic mass is 16.7. The van der Waals surface area contributed by atoms with E-state index in [1.807, 2.05) is 33.8 Å². The molecule has 1 saturated heterocycles. The number of nitrogens with two attached hydrogens (primary N) is 1. The molecule has 0 radical (unpaired) electrons. The Morgan fingerprint density at radius 2 is 1.89 bits per heavy atom. The third-order valence-corrected chi connectivity index (χ3v) is 3.72. The fraction of sp³-hybridized carbons (Fsp3) is 0.538. The van der Waals surface area contributed by atoms with Gasteiger partial charge in [-0.3, -0.25) is 9.78 Å². The van der Waals surface area contributed by atoms with Crippen LogP contribution in [0.15, 0.2) is 18.3 Å². The molecule has 1 aromatic rings. The summed E-state index contributed by atoms with van der Waals surface area (Å²) in [6.07, 6.45) is 1.76. The summed E-state index contributed by atoms with van der Waals surface area (Å²) in [7, 11) is -0.445. The number of pyridine rings is 1. The molecule has 0 atom stereocenters. The Bertz CT molecular complexity index is 486. The Kier molecular flexibility index (Phi) is 3.41. The standard InChI is InChI=1S/C13H19BN2O3/c1-12(2)13(3,4)19-14(18-12)9-5-6-16-10(7-9)8-11(15)17/h5-7H,8H2,1-4H3,(H2,15,17). The molecule has 1 amide bonds. The molecule has 5 nitrogen and oxygen atoms in total. The predicted octanol–water partition coefficient (Wildman–Crippen LogP) is 0.409. The van der Waals surface area contributed by atoms with Crippen molar-refractivity contribution in [2.45, 2.75) is 45.3 Å². The molecule has 6 heteroatoms. The highest BCUT2D eigenvalue weighted by Crippen LogP contribution is 2.36. The fourth-order valence-corrected chi connectivity index (χ4v) is 1.90. The summed E-state index contributed by atoms with van der Waals surface area (Å²) in [5, 5.41) is 0. The molecule has 1 aliphatic rings. The number of carbonyl (C=O) groups excluding carboxylic acids is 1. The highest BCUT2D eigenvalue weighted by Gasteiger charge is 2.51. The first-order valence-corrected chi connectivity index (χ1v) is 6.30. The number of hydrogen-bond acceptors (Lipinski definition) is 4. The van der Waals surface area contributed by atoms with E-state index in [2.05, 4.69) is 4.98 Å². The zero-order valence-electron chi connectivity index (χ0n) is 11.8. The molecule has 102 valence electrons. The summed E-state index contributed by atoms with van der Waals surface area (Å²) >= 11 is 0. The highest BCUT2D eigenvalue weighted by molar-refractivity contribution is 6.62. The molecular weight excluding hydrogens is 243 g/mol. The SMILES string of the molecule is CC1(C)OB(c2ccnc(CC(N)=O)c2)OC1(C)C. The van der Waals surface area contributed by atoms with E-state index in [0.717, 1.165) is 5.46 Å². The summed E-state index contributed by atoms with van der Waals surface area (Å²) in [6, 6.07) is 3.62. The maximum atomic E-state index is 10.9. The van der Waals surface area contributed by atoms with Crippen molar-refractivity contribution in [3.05, 3.63) is 24.0 Å². The smallest absolute Gasteiger partial charge is 0.399 e. The summed E-state index contributed by atoms with van der Waals surface area (Å²) in [6.45, 7) is 7.99. The van der Waals surface area contributed by atoms with Crippen LogP contribution >= 0.6 is 0 Å². The maximum absolute atomic E-state index is 10.9. The third kappa shape index (κ3) is 2.79. The molecule has 1 fully saturated rings. The minimum Gasteiger partial charge on any atom is -0.399 e. The molecule has 2 N–H and O–H groups in total. The van der Waals surface area contributed by atoms with Gasteiger partial charge in [-0.1, -0.05) is 0 Å². The Balaban J connectivity index is 2.22. The van der Waals surface area contributed by atoms with Crippen LogP contribution in [0.25, 0.3) is 0 Å². The topological polar surface area (TPSA) is 74.4 Å². The molecule has 2 heterocycles. The van der Waals surface area contributed by atoms with E-state index < -0.39 is 13.0 Å². The Morgan fingerprint density at radius 3 is 2.42 bits per heavy atom. The van der Waals surface area contributed by atoms with E-state index in [1.54, 1.807) is 12.3 Å². The van der Waals surface area contributed by atoms with Gasteiger partial charge in [-0.05, 0) is 45.3 Å². The summed E-state index contributed by atoms with van der Waals surface area (Å²) < 4.78 is 11.9. The van der Waals surface area contributed by atoms with Crippen molar-refractivity contribution in [2.75, 3.05) is 0 Å². The minimum atomic E-state index is -0.445. The van der Waals surface area contributed by atoms with Crippen molar-refractivity contribution < 1.29 is 14.1 Å². The van der Waals surface area contributed by atoms with Crippen LogP contribution < -0.4 is 11.2 Å². The van der Waals surface area contributed by atoms with Gasteiger partial charge >= 0.3 is 7.12 Å². The second-order valence-electron chi connectivity index (χ2n) is 5.81. The van der Waals surface area contributed by atoms with Crippen molar-refractivity contribution in [2.24, 2.45) is 5.73 Å². The largest absolute Gasteiger partial charge is 0.494 e. The fourth-order valence-electron chi connectivity index (χ4n) is 1.90. The van der Waals surface area contributed by atoms with Crippen LogP contribution in [0.1, 0.15) is 33.4 Å². The lowest BCUT2D eigenvalue weighted by molar-refractivity contribution is -0.117. The summed E-state index contributed by atoms with van der Waals surface area (Å²) in [5.41, 5.74) is 5.88. The maximum Gasteiger partial charge on any atom is 0.494 e. The van der Waals surface area contributed by atoms with Gasteiger partial charge in [0.15, 0.2) is 0 Å². The van der Waals surface area contributed by atoms with E-state index in [0.29, 0.717) is 5.69 Å².